The molecule has 4 saturated carbocycles. The van der Waals surface area contributed by atoms with Crippen molar-refractivity contribution in [2.45, 2.75) is 70.5 Å². The van der Waals surface area contributed by atoms with E-state index >= 15 is 0 Å². The third-order valence-electron chi connectivity index (χ3n) is 6.98. The van der Waals surface area contributed by atoms with E-state index in [0.717, 1.165) is 49.2 Å². The van der Waals surface area contributed by atoms with Crippen LogP contribution in [0.25, 0.3) is 0 Å². The molecule has 0 spiro atoms. The van der Waals surface area contributed by atoms with Gasteiger partial charge in [0.2, 0.25) is 0 Å². The number of aliphatic hydroxyl groups excluding tert-OH is 1. The molecule has 3 unspecified atom stereocenters. The lowest BCUT2D eigenvalue weighted by atomic mass is 9.54. The Labute approximate surface area is 153 Å². The normalized spacial score (nSPS) is 45.9. The Bertz CT molecular complexity index is 385. The Kier molecular flexibility index (Phi) is 5.86. The van der Waals surface area contributed by atoms with Crippen molar-refractivity contribution in [3.63, 3.8) is 0 Å². The number of piperidine rings is 1. The fraction of sp³-hybridized carbons (Fsp3) is 1.00. The first kappa shape index (κ1) is 18.9. The molecule has 140 valence electrons. The summed E-state index contributed by atoms with van der Waals surface area (Å²) in [6.07, 6.45) is 9.17. The topological polar surface area (TPSA) is 32.7 Å². The molecule has 1 heterocycles. The standard InChI is InChI=1S/C20H35NO2.ClH/c1-14-3-15(2)11-21(10-14)12-19(22)13-23-20-7-16-4-17(8-20)6-18(5-16)9-20;/h14-19,22H,3-13H2,1-2H3;1H. The zero-order chi connectivity index (χ0) is 16.0. The Balaban J connectivity index is 0.00000169. The lowest BCUT2D eigenvalue weighted by Crippen LogP contribution is -2.53. The summed E-state index contributed by atoms with van der Waals surface area (Å²) in [7, 11) is 0. The van der Waals surface area contributed by atoms with Crippen molar-refractivity contribution in [2.75, 3.05) is 26.2 Å². The van der Waals surface area contributed by atoms with E-state index in [1.165, 1.54) is 44.9 Å². The molecule has 4 aliphatic carbocycles. The second-order valence-electron chi connectivity index (χ2n) is 9.73. The van der Waals surface area contributed by atoms with Gasteiger partial charge < -0.3 is 14.7 Å². The van der Waals surface area contributed by atoms with Crippen LogP contribution in [0.1, 0.15) is 58.8 Å². The Morgan fingerprint density at radius 3 is 1.96 bits per heavy atom. The molecule has 0 aromatic heterocycles. The van der Waals surface area contributed by atoms with Gasteiger partial charge >= 0.3 is 0 Å². The average Bonchev–Trinajstić information content (AvgIpc) is 2.42. The van der Waals surface area contributed by atoms with Crippen LogP contribution in [-0.4, -0.2) is 48.0 Å². The molecule has 0 amide bonds. The van der Waals surface area contributed by atoms with Crippen LogP contribution in [-0.2, 0) is 4.74 Å². The van der Waals surface area contributed by atoms with Crippen LogP contribution in [0.3, 0.4) is 0 Å². The second kappa shape index (κ2) is 7.42. The zero-order valence-electron chi connectivity index (χ0n) is 15.5. The summed E-state index contributed by atoms with van der Waals surface area (Å²) in [6.45, 7) is 8.28. The Morgan fingerprint density at radius 1 is 0.958 bits per heavy atom. The van der Waals surface area contributed by atoms with Gasteiger partial charge in [0.1, 0.15) is 0 Å². The largest absolute Gasteiger partial charge is 0.389 e. The number of rotatable bonds is 5. The van der Waals surface area contributed by atoms with E-state index in [1.54, 1.807) is 0 Å². The van der Waals surface area contributed by atoms with Gasteiger partial charge in [0, 0.05) is 19.6 Å². The lowest BCUT2D eigenvalue weighted by Gasteiger charge is -2.56. The molecule has 1 saturated heterocycles. The minimum atomic E-state index is -0.319. The maximum Gasteiger partial charge on any atom is 0.0900 e. The van der Waals surface area contributed by atoms with Gasteiger partial charge in [-0.2, -0.15) is 0 Å². The van der Waals surface area contributed by atoms with E-state index in [9.17, 15) is 5.11 Å². The fourth-order valence-corrected chi connectivity index (χ4v) is 6.77. The molecule has 4 heteroatoms. The van der Waals surface area contributed by atoms with Crippen LogP contribution >= 0.6 is 12.4 Å². The Hall–Kier alpha value is 0.170. The fourth-order valence-electron chi connectivity index (χ4n) is 6.77. The molecule has 1 aliphatic heterocycles. The van der Waals surface area contributed by atoms with Gasteiger partial charge in [-0.25, -0.2) is 0 Å². The predicted molar refractivity (Wildman–Crippen MR) is 99.5 cm³/mol. The molecule has 0 radical (unpaired) electrons. The van der Waals surface area contributed by atoms with Crippen molar-refractivity contribution in [3.05, 3.63) is 0 Å². The number of nitrogens with zero attached hydrogens (tertiary/aromatic N) is 1. The minimum Gasteiger partial charge on any atom is -0.389 e. The van der Waals surface area contributed by atoms with Crippen LogP contribution in [0.15, 0.2) is 0 Å². The van der Waals surface area contributed by atoms with Crippen molar-refractivity contribution in [1.29, 1.82) is 0 Å². The van der Waals surface area contributed by atoms with Gasteiger partial charge in [0.15, 0.2) is 0 Å². The lowest BCUT2D eigenvalue weighted by molar-refractivity contribution is -0.176. The first-order valence-electron chi connectivity index (χ1n) is 10.0. The highest BCUT2D eigenvalue weighted by molar-refractivity contribution is 5.85. The summed E-state index contributed by atoms with van der Waals surface area (Å²) in [4.78, 5) is 2.45. The highest BCUT2D eigenvalue weighted by Gasteiger charge is 2.51. The third kappa shape index (κ3) is 4.11. The zero-order valence-corrected chi connectivity index (χ0v) is 16.3. The predicted octanol–water partition coefficient (Wildman–Crippen LogP) is 3.73. The summed E-state index contributed by atoms with van der Waals surface area (Å²) in [5, 5.41) is 10.5. The molecule has 5 aliphatic rings. The van der Waals surface area contributed by atoms with E-state index in [2.05, 4.69) is 18.7 Å². The van der Waals surface area contributed by atoms with Gasteiger partial charge in [0.25, 0.3) is 0 Å². The van der Waals surface area contributed by atoms with E-state index in [0.29, 0.717) is 6.61 Å². The van der Waals surface area contributed by atoms with E-state index in [1.807, 2.05) is 0 Å². The summed E-state index contributed by atoms with van der Waals surface area (Å²) >= 11 is 0. The molecule has 3 nitrogen and oxygen atoms in total. The minimum absolute atomic E-state index is 0. The molecule has 5 fully saturated rings. The molecule has 3 atom stereocenters. The first-order valence-corrected chi connectivity index (χ1v) is 10.0. The molecule has 0 aromatic carbocycles. The molecular formula is C20H36ClNO2. The van der Waals surface area contributed by atoms with Gasteiger partial charge in [-0.1, -0.05) is 13.8 Å². The maximum atomic E-state index is 10.5. The van der Waals surface area contributed by atoms with E-state index in [4.69, 9.17) is 4.74 Å². The first-order chi connectivity index (χ1) is 11.0. The van der Waals surface area contributed by atoms with Crippen LogP contribution in [0.5, 0.6) is 0 Å². The van der Waals surface area contributed by atoms with Crippen LogP contribution in [0.4, 0.5) is 0 Å². The van der Waals surface area contributed by atoms with Gasteiger partial charge in [-0.3, -0.25) is 0 Å². The number of likely N-dealkylation sites (tertiary alicyclic amines) is 1. The van der Waals surface area contributed by atoms with Crippen molar-refractivity contribution in [3.8, 4) is 0 Å². The molecule has 0 aromatic rings. The average molecular weight is 358 g/mol. The highest BCUT2D eigenvalue weighted by atomic mass is 35.5. The molecular weight excluding hydrogens is 322 g/mol. The number of hydrogen-bond acceptors (Lipinski definition) is 3. The van der Waals surface area contributed by atoms with Crippen LogP contribution in [0.2, 0.25) is 0 Å². The SMILES string of the molecule is CC1CC(C)CN(CC(O)COC23CC4CC(CC(C4)C2)C3)C1.Cl. The molecule has 1 N–H and O–H groups in total. The summed E-state index contributed by atoms with van der Waals surface area (Å²) in [5.41, 5.74) is 0.137. The quantitative estimate of drug-likeness (QED) is 0.813. The van der Waals surface area contributed by atoms with Crippen molar-refractivity contribution >= 4 is 12.4 Å². The number of aliphatic hydroxyl groups is 1. The van der Waals surface area contributed by atoms with Gasteiger partial charge in [0.05, 0.1) is 18.3 Å². The summed E-state index contributed by atoms with van der Waals surface area (Å²) in [6, 6.07) is 0. The maximum absolute atomic E-state index is 10.5. The van der Waals surface area contributed by atoms with Crippen LogP contribution < -0.4 is 0 Å². The number of hydrogen-bond donors (Lipinski definition) is 1. The second-order valence-corrected chi connectivity index (χ2v) is 9.73. The number of halogens is 1. The van der Waals surface area contributed by atoms with Crippen LogP contribution in [0, 0.1) is 29.6 Å². The monoisotopic (exact) mass is 357 g/mol. The third-order valence-corrected chi connectivity index (χ3v) is 6.98. The Morgan fingerprint density at radius 2 is 1.46 bits per heavy atom. The highest BCUT2D eigenvalue weighted by Crippen LogP contribution is 2.57. The summed E-state index contributed by atoms with van der Waals surface area (Å²) < 4.78 is 6.42. The molecule has 4 bridgehead atoms. The molecule has 5 rings (SSSR count). The van der Waals surface area contributed by atoms with Gasteiger partial charge in [-0.15, -0.1) is 12.4 Å². The van der Waals surface area contributed by atoms with Crippen molar-refractivity contribution in [1.82, 2.24) is 4.90 Å². The number of ether oxygens (including phenoxy) is 1. The summed E-state index contributed by atoms with van der Waals surface area (Å²) in [5.74, 6) is 4.27. The van der Waals surface area contributed by atoms with Crippen molar-refractivity contribution in [2.24, 2.45) is 29.6 Å². The van der Waals surface area contributed by atoms with Crippen molar-refractivity contribution < 1.29 is 9.84 Å². The van der Waals surface area contributed by atoms with Gasteiger partial charge in [-0.05, 0) is 74.5 Å². The molecule has 24 heavy (non-hydrogen) atoms. The number of β-amino-alcohol motifs (C(OH)–C–C–N with tert-alkyl or cyclic N) is 1. The smallest absolute Gasteiger partial charge is 0.0900 e. The van der Waals surface area contributed by atoms with E-state index < -0.39 is 0 Å². The van der Waals surface area contributed by atoms with E-state index in [-0.39, 0.29) is 24.1 Å².